The molecule has 2 bridgehead atoms. The SMILES string of the molecule is COc1c2c(c(O)c3c4c(c(C)cc13)C1OC3(COCCN)OC1[C@@](OC)(O4)[C@@]31CO1)C(=O)CCC2. The smallest absolute Gasteiger partial charge is 0.276 e. The Morgan fingerprint density at radius 2 is 2.06 bits per heavy atom. The Morgan fingerprint density at radius 1 is 1.25 bits per heavy atom. The Balaban J connectivity index is 1.49. The number of hydrogen-bond acceptors (Lipinski definition) is 10. The van der Waals surface area contributed by atoms with Crippen LogP contribution in [0.3, 0.4) is 0 Å². The van der Waals surface area contributed by atoms with Gasteiger partial charge in [0.25, 0.3) is 5.79 Å². The highest BCUT2D eigenvalue weighted by Gasteiger charge is 2.91. The third kappa shape index (κ3) is 2.41. The van der Waals surface area contributed by atoms with Crippen molar-refractivity contribution in [3.63, 3.8) is 0 Å². The van der Waals surface area contributed by atoms with Gasteiger partial charge < -0.3 is 44.0 Å². The number of carbonyl (C=O) groups excluding carboxylic acids is 1. The lowest BCUT2D eigenvalue weighted by Gasteiger charge is -2.48. The fraction of sp³-hybridized carbons (Fsp3) is 0.577. The van der Waals surface area contributed by atoms with E-state index in [-0.39, 0.29) is 24.7 Å². The van der Waals surface area contributed by atoms with Gasteiger partial charge in [-0.15, -0.1) is 0 Å². The van der Waals surface area contributed by atoms with Crippen molar-refractivity contribution >= 4 is 16.6 Å². The molecule has 36 heavy (non-hydrogen) atoms. The van der Waals surface area contributed by atoms with E-state index < -0.39 is 29.4 Å². The molecule has 5 atom stereocenters. The lowest BCUT2D eigenvalue weighted by Crippen LogP contribution is -2.68. The summed E-state index contributed by atoms with van der Waals surface area (Å²) in [5.41, 5.74) is 7.21. The average Bonchev–Trinajstić information content (AvgIpc) is 3.53. The topological polar surface area (TPSA) is 131 Å². The summed E-state index contributed by atoms with van der Waals surface area (Å²) >= 11 is 0. The van der Waals surface area contributed by atoms with E-state index in [4.69, 9.17) is 38.9 Å². The van der Waals surface area contributed by atoms with Gasteiger partial charge in [-0.1, -0.05) is 0 Å². The molecule has 10 nitrogen and oxygen atoms in total. The minimum Gasteiger partial charge on any atom is -0.506 e. The van der Waals surface area contributed by atoms with E-state index in [1.54, 1.807) is 14.2 Å². The van der Waals surface area contributed by atoms with E-state index in [1.807, 2.05) is 13.0 Å². The zero-order chi connectivity index (χ0) is 25.0. The van der Waals surface area contributed by atoms with Gasteiger partial charge in [-0.2, -0.15) is 0 Å². The van der Waals surface area contributed by atoms with Crippen molar-refractivity contribution in [3.05, 3.63) is 28.3 Å². The van der Waals surface area contributed by atoms with Crippen LogP contribution < -0.4 is 15.2 Å². The van der Waals surface area contributed by atoms with Gasteiger partial charge in [0.15, 0.2) is 11.9 Å². The molecular formula is C26H29NO9. The van der Waals surface area contributed by atoms with Crippen molar-refractivity contribution in [3.8, 4) is 17.2 Å². The second kappa shape index (κ2) is 7.31. The molecule has 192 valence electrons. The van der Waals surface area contributed by atoms with Crippen molar-refractivity contribution < 1.29 is 43.1 Å². The lowest BCUT2D eigenvalue weighted by atomic mass is 9.78. The molecule has 10 heteroatoms. The number of aryl methyl sites for hydroxylation is 1. The number of epoxide rings is 1. The number of benzene rings is 2. The molecule has 4 heterocycles. The maximum Gasteiger partial charge on any atom is 0.276 e. The van der Waals surface area contributed by atoms with Crippen LogP contribution in [0.4, 0.5) is 0 Å². The van der Waals surface area contributed by atoms with Gasteiger partial charge in [0.05, 0.1) is 31.3 Å². The van der Waals surface area contributed by atoms with E-state index in [1.165, 1.54) is 0 Å². The second-order valence-corrected chi connectivity index (χ2v) is 10.1. The zero-order valence-corrected chi connectivity index (χ0v) is 20.5. The molecule has 1 aliphatic carbocycles. The molecule has 3 N–H and O–H groups in total. The molecule has 0 saturated carbocycles. The lowest BCUT2D eigenvalue weighted by molar-refractivity contribution is -0.297. The summed E-state index contributed by atoms with van der Waals surface area (Å²) in [5.74, 6) is -1.81. The molecule has 5 aliphatic rings. The third-order valence-electron chi connectivity index (χ3n) is 8.43. The second-order valence-electron chi connectivity index (χ2n) is 10.1. The molecule has 3 unspecified atom stereocenters. The van der Waals surface area contributed by atoms with Crippen LogP contribution in [0, 0.1) is 6.92 Å². The molecule has 0 amide bonds. The van der Waals surface area contributed by atoms with Crippen LogP contribution in [0.2, 0.25) is 0 Å². The molecule has 0 aromatic heterocycles. The number of ether oxygens (including phenoxy) is 7. The summed E-state index contributed by atoms with van der Waals surface area (Å²) in [6.45, 7) is 3.06. The maximum absolute atomic E-state index is 12.9. The van der Waals surface area contributed by atoms with E-state index in [9.17, 15) is 9.90 Å². The maximum atomic E-state index is 12.9. The van der Waals surface area contributed by atoms with Crippen LogP contribution in [0.5, 0.6) is 17.2 Å². The highest BCUT2D eigenvalue weighted by Crippen LogP contribution is 2.71. The molecule has 2 aromatic carbocycles. The van der Waals surface area contributed by atoms with Crippen molar-refractivity contribution in [2.75, 3.05) is 40.6 Å². The highest BCUT2D eigenvalue weighted by atomic mass is 16.9. The standard InChI is InChI=1S/C26H29NO9/c1-12-9-14-18(19(29)17-13(20(14)30-2)5-4-6-15(17)28)21-16(12)22-23-26(31-3,35-21)24(10-33-24)25(34-22,36-23)11-32-8-7-27/h9,22-23,29H,4-8,10-11,27H2,1-3H3/t22?,23?,24-,25?,26-/m1/s1. The number of fused-ring (bicyclic) bond motifs is 8. The van der Waals surface area contributed by atoms with Crippen LogP contribution in [-0.2, 0) is 30.1 Å². The number of rotatable bonds is 6. The average molecular weight is 500 g/mol. The number of nitrogens with two attached hydrogens (primary N) is 1. The van der Waals surface area contributed by atoms with Crippen LogP contribution >= 0.6 is 0 Å². The van der Waals surface area contributed by atoms with Crippen molar-refractivity contribution in [2.24, 2.45) is 5.73 Å². The first kappa shape index (κ1) is 22.7. The third-order valence-corrected chi connectivity index (χ3v) is 8.43. The van der Waals surface area contributed by atoms with Crippen molar-refractivity contribution in [2.45, 2.75) is 55.6 Å². The van der Waals surface area contributed by atoms with Gasteiger partial charge in [0.1, 0.15) is 30.0 Å². The van der Waals surface area contributed by atoms with E-state index >= 15 is 0 Å². The Hall–Kier alpha value is -2.47. The predicted octanol–water partition coefficient (Wildman–Crippen LogP) is 2.03. The van der Waals surface area contributed by atoms with E-state index in [2.05, 4.69) is 0 Å². The number of aromatic hydroxyl groups is 1. The van der Waals surface area contributed by atoms with Gasteiger partial charge in [-0.05, 0) is 31.4 Å². The summed E-state index contributed by atoms with van der Waals surface area (Å²) in [4.78, 5) is 12.9. The summed E-state index contributed by atoms with van der Waals surface area (Å²) in [7, 11) is 3.13. The summed E-state index contributed by atoms with van der Waals surface area (Å²) < 4.78 is 43.5. The minimum atomic E-state index is -1.34. The Morgan fingerprint density at radius 3 is 2.75 bits per heavy atom. The van der Waals surface area contributed by atoms with E-state index in [0.29, 0.717) is 60.2 Å². The number of phenolic OH excluding ortho intramolecular Hbond substituents is 1. The van der Waals surface area contributed by atoms with Gasteiger partial charge in [0, 0.05) is 36.6 Å². The first-order chi connectivity index (χ1) is 17.4. The normalized spacial score (nSPS) is 35.2. The van der Waals surface area contributed by atoms with Crippen LogP contribution in [-0.4, -0.2) is 74.8 Å². The number of Topliss-reactive ketones (excluding diaryl/α,β-unsaturated/α-hetero) is 1. The summed E-state index contributed by atoms with van der Waals surface area (Å²) in [6, 6.07) is 1.95. The molecule has 4 aliphatic heterocycles. The predicted molar refractivity (Wildman–Crippen MR) is 125 cm³/mol. The minimum absolute atomic E-state index is 0.104. The number of phenols is 1. The van der Waals surface area contributed by atoms with Gasteiger partial charge in [-0.25, -0.2) is 0 Å². The van der Waals surface area contributed by atoms with Crippen LogP contribution in [0.25, 0.3) is 10.8 Å². The highest BCUT2D eigenvalue weighted by molar-refractivity contribution is 6.11. The Bertz CT molecular complexity index is 1320. The Labute approximate surface area is 207 Å². The van der Waals surface area contributed by atoms with Crippen molar-refractivity contribution in [1.82, 2.24) is 0 Å². The van der Waals surface area contributed by atoms with Crippen LogP contribution in [0.15, 0.2) is 6.07 Å². The molecule has 3 saturated heterocycles. The van der Waals surface area contributed by atoms with Gasteiger partial charge in [-0.3, -0.25) is 4.79 Å². The summed E-state index contributed by atoms with van der Waals surface area (Å²) in [6.07, 6.45) is 0.542. The fourth-order valence-electron chi connectivity index (χ4n) is 6.86. The quantitative estimate of drug-likeness (QED) is 0.450. The molecule has 2 aromatic rings. The number of ketones is 1. The number of carbonyl (C=O) groups is 1. The monoisotopic (exact) mass is 499 g/mol. The molecule has 0 radical (unpaired) electrons. The first-order valence-corrected chi connectivity index (χ1v) is 12.3. The largest absolute Gasteiger partial charge is 0.506 e. The number of methoxy groups -OCH3 is 2. The van der Waals surface area contributed by atoms with Gasteiger partial charge in [0.2, 0.25) is 11.4 Å². The van der Waals surface area contributed by atoms with Gasteiger partial charge >= 0.3 is 0 Å². The number of hydrogen-bond donors (Lipinski definition) is 2. The first-order valence-electron chi connectivity index (χ1n) is 12.3. The van der Waals surface area contributed by atoms with Crippen LogP contribution in [0.1, 0.15) is 46.0 Å². The fourth-order valence-corrected chi connectivity index (χ4v) is 6.86. The van der Waals surface area contributed by atoms with E-state index in [0.717, 1.165) is 16.7 Å². The van der Waals surface area contributed by atoms with Crippen molar-refractivity contribution in [1.29, 1.82) is 0 Å². The molecule has 3 fully saturated rings. The molecule has 1 spiro atoms. The summed E-state index contributed by atoms with van der Waals surface area (Å²) in [5, 5.41) is 12.6. The molecule has 7 rings (SSSR count). The zero-order valence-electron chi connectivity index (χ0n) is 20.5. The Kier molecular flexibility index (Phi) is 4.61. The molecular weight excluding hydrogens is 470 g/mol.